The lowest BCUT2D eigenvalue weighted by atomic mass is 10.1. The minimum Gasteiger partial charge on any atom is -0.312 e. The summed E-state index contributed by atoms with van der Waals surface area (Å²) in [4.78, 5) is 2.30. The maximum absolute atomic E-state index is 13.9. The van der Waals surface area contributed by atoms with Crippen molar-refractivity contribution in [3.63, 3.8) is 0 Å². The van der Waals surface area contributed by atoms with E-state index < -0.39 is 0 Å². The van der Waals surface area contributed by atoms with Gasteiger partial charge in [-0.25, -0.2) is 8.78 Å². The van der Waals surface area contributed by atoms with Gasteiger partial charge in [0.15, 0.2) is 0 Å². The Morgan fingerprint density at radius 2 is 1.00 bits per heavy atom. The van der Waals surface area contributed by atoms with Crippen molar-refractivity contribution in [2.75, 3.05) is 13.1 Å². The van der Waals surface area contributed by atoms with Gasteiger partial charge in [-0.05, 0) is 71.8 Å². The summed E-state index contributed by atoms with van der Waals surface area (Å²) in [5.74, 6) is -0.468. The Morgan fingerprint density at radius 3 is 1.43 bits per heavy atom. The lowest BCUT2D eigenvalue weighted by Gasteiger charge is -2.18. The maximum Gasteiger partial charge on any atom is 0.123 e. The first-order valence-electron chi connectivity index (χ1n) is 14.1. The molecule has 0 saturated carbocycles. The van der Waals surface area contributed by atoms with Crippen LogP contribution in [-0.2, 0) is 25.9 Å². The molecule has 212 valence electrons. The molecule has 2 aliphatic rings. The molecule has 4 heterocycles. The van der Waals surface area contributed by atoms with Gasteiger partial charge in [-0.3, -0.25) is 0 Å². The molecule has 0 saturated heterocycles. The number of benzene rings is 4. The lowest BCUT2D eigenvalue weighted by molar-refractivity contribution is 0.624. The number of nitrogens with one attached hydrogen (secondary N) is 2. The quantitative estimate of drug-likeness (QED) is 0.218. The second-order valence-corrected chi connectivity index (χ2v) is 11.8. The Hall–Kier alpha value is -3.62. The van der Waals surface area contributed by atoms with E-state index in [2.05, 4.69) is 56.2 Å². The average Bonchev–Trinajstić information content (AvgIpc) is 3.53. The highest BCUT2D eigenvalue weighted by Gasteiger charge is 2.26. The van der Waals surface area contributed by atoms with Crippen LogP contribution in [0, 0.1) is 11.6 Å². The van der Waals surface area contributed by atoms with Crippen molar-refractivity contribution in [1.82, 2.24) is 19.8 Å². The van der Waals surface area contributed by atoms with Crippen LogP contribution >= 0.6 is 24.2 Å². The SMILES string of the molecule is Cl.Fc1ccc(-n2c3c(c4cccc(Sc5cccc6c7c(n(-c8ccc(F)cc8)c56)CCNC7)c42)CNCC3)cc1. The smallest absolute Gasteiger partial charge is 0.123 e. The molecule has 0 aliphatic carbocycles. The molecule has 8 rings (SSSR count). The van der Waals surface area contributed by atoms with E-state index in [0.717, 1.165) is 71.2 Å². The average molecular weight is 599 g/mol. The zero-order valence-electron chi connectivity index (χ0n) is 22.8. The Morgan fingerprint density at radius 1 is 0.571 bits per heavy atom. The van der Waals surface area contributed by atoms with Crippen molar-refractivity contribution in [1.29, 1.82) is 0 Å². The molecule has 2 aliphatic heterocycles. The third-order valence-corrected chi connectivity index (χ3v) is 9.50. The van der Waals surface area contributed by atoms with E-state index in [-0.39, 0.29) is 24.0 Å². The number of hydrogen-bond donors (Lipinski definition) is 2. The zero-order valence-corrected chi connectivity index (χ0v) is 24.4. The molecule has 0 radical (unpaired) electrons. The summed E-state index contributed by atoms with van der Waals surface area (Å²) >= 11 is 1.77. The summed E-state index contributed by atoms with van der Waals surface area (Å²) < 4.78 is 32.6. The van der Waals surface area contributed by atoms with Gasteiger partial charge in [-0.15, -0.1) is 12.4 Å². The van der Waals surface area contributed by atoms with Crippen LogP contribution in [0.2, 0.25) is 0 Å². The van der Waals surface area contributed by atoms with Crippen molar-refractivity contribution in [3.05, 3.63) is 119 Å². The molecular weight excluding hydrogens is 570 g/mol. The van der Waals surface area contributed by atoms with Crippen LogP contribution in [0.25, 0.3) is 33.2 Å². The monoisotopic (exact) mass is 598 g/mol. The molecule has 4 nitrogen and oxygen atoms in total. The number of para-hydroxylation sites is 2. The summed E-state index contributed by atoms with van der Waals surface area (Å²) in [5, 5.41) is 9.54. The predicted molar refractivity (Wildman–Crippen MR) is 169 cm³/mol. The van der Waals surface area contributed by atoms with Gasteiger partial charge in [0.05, 0.1) is 11.0 Å². The molecule has 0 spiro atoms. The topological polar surface area (TPSA) is 33.9 Å². The second kappa shape index (κ2) is 10.9. The highest BCUT2D eigenvalue weighted by atomic mass is 35.5. The number of rotatable bonds is 4. The van der Waals surface area contributed by atoms with Gasteiger partial charge in [0.25, 0.3) is 0 Å². The Labute approximate surface area is 253 Å². The molecule has 0 fully saturated rings. The molecule has 2 N–H and O–H groups in total. The highest BCUT2D eigenvalue weighted by Crippen LogP contribution is 2.44. The van der Waals surface area contributed by atoms with Crippen molar-refractivity contribution in [2.45, 2.75) is 35.7 Å². The fourth-order valence-corrected chi connectivity index (χ4v) is 7.76. The molecule has 6 aromatic rings. The molecule has 0 amide bonds. The van der Waals surface area contributed by atoms with Crippen LogP contribution in [0.3, 0.4) is 0 Å². The van der Waals surface area contributed by atoms with E-state index in [0.29, 0.717) is 0 Å². The Bertz CT molecular complexity index is 1800. The van der Waals surface area contributed by atoms with Gasteiger partial charge < -0.3 is 19.8 Å². The number of halogens is 3. The minimum absolute atomic E-state index is 0. The molecule has 0 bridgehead atoms. The summed E-state index contributed by atoms with van der Waals surface area (Å²) in [6.45, 7) is 3.46. The fourth-order valence-electron chi connectivity index (χ4n) is 6.64. The summed E-state index contributed by atoms with van der Waals surface area (Å²) in [6.07, 6.45) is 1.82. The molecule has 4 aromatic carbocycles. The van der Waals surface area contributed by atoms with E-state index in [1.54, 1.807) is 36.0 Å². The molecule has 2 aromatic heterocycles. The minimum atomic E-state index is -0.234. The second-order valence-electron chi connectivity index (χ2n) is 10.7. The van der Waals surface area contributed by atoms with E-state index in [4.69, 9.17) is 0 Å². The van der Waals surface area contributed by atoms with Gasteiger partial charge in [0, 0.05) is 82.3 Å². The van der Waals surface area contributed by atoms with Gasteiger partial charge in [0.1, 0.15) is 11.6 Å². The number of nitrogens with zero attached hydrogens (tertiary/aromatic N) is 2. The van der Waals surface area contributed by atoms with Crippen LogP contribution < -0.4 is 10.6 Å². The first kappa shape index (κ1) is 27.2. The summed E-state index contributed by atoms with van der Waals surface area (Å²) in [7, 11) is 0. The van der Waals surface area contributed by atoms with Crippen LogP contribution in [0.1, 0.15) is 22.5 Å². The normalized spacial score (nSPS) is 14.5. The molecule has 8 heteroatoms. The van der Waals surface area contributed by atoms with Crippen molar-refractivity contribution < 1.29 is 8.78 Å². The van der Waals surface area contributed by atoms with Crippen molar-refractivity contribution in [3.8, 4) is 11.4 Å². The van der Waals surface area contributed by atoms with E-state index in [1.807, 2.05) is 24.3 Å². The summed E-state index contributed by atoms with van der Waals surface area (Å²) in [5.41, 5.74) is 9.45. The highest BCUT2D eigenvalue weighted by molar-refractivity contribution is 7.99. The van der Waals surface area contributed by atoms with Gasteiger partial charge in [0.2, 0.25) is 0 Å². The molecule has 0 unspecified atom stereocenters. The van der Waals surface area contributed by atoms with Gasteiger partial charge in [-0.2, -0.15) is 0 Å². The number of hydrogen-bond acceptors (Lipinski definition) is 3. The Balaban J connectivity index is 0.00000288. The maximum atomic E-state index is 13.9. The fraction of sp³-hybridized carbons (Fsp3) is 0.176. The largest absolute Gasteiger partial charge is 0.312 e. The number of fused-ring (bicyclic) bond motifs is 6. The van der Waals surface area contributed by atoms with Crippen LogP contribution in [0.5, 0.6) is 0 Å². The molecule has 42 heavy (non-hydrogen) atoms. The zero-order chi connectivity index (χ0) is 27.5. The first-order chi connectivity index (χ1) is 20.2. The van der Waals surface area contributed by atoms with E-state index in [9.17, 15) is 8.78 Å². The first-order valence-corrected chi connectivity index (χ1v) is 14.9. The van der Waals surface area contributed by atoms with Gasteiger partial charge in [-0.1, -0.05) is 36.0 Å². The predicted octanol–water partition coefficient (Wildman–Crippen LogP) is 7.72. The van der Waals surface area contributed by atoms with Gasteiger partial charge >= 0.3 is 0 Å². The molecular formula is C34H29ClF2N4S. The third-order valence-electron chi connectivity index (χ3n) is 8.40. The standard InChI is InChI=1S/C34H28F2N4S.ClH/c35-21-7-11-23(12-8-21)39-29-15-17-37-19-27(29)25-3-1-5-31(33(25)39)41-32-6-2-4-26-28-20-38-18-16-30(28)40(34(26)32)24-13-9-22(36)10-14-24;/h1-14,37-38H,15-20H2;1H. The molecule has 0 atom stereocenters. The van der Waals surface area contributed by atoms with E-state index in [1.165, 1.54) is 33.3 Å². The van der Waals surface area contributed by atoms with Crippen LogP contribution in [0.15, 0.2) is 94.7 Å². The summed E-state index contributed by atoms with van der Waals surface area (Å²) in [6, 6.07) is 26.7. The van der Waals surface area contributed by atoms with Crippen LogP contribution in [-0.4, -0.2) is 22.2 Å². The van der Waals surface area contributed by atoms with Crippen molar-refractivity contribution >= 4 is 46.0 Å². The van der Waals surface area contributed by atoms with E-state index >= 15 is 0 Å². The van der Waals surface area contributed by atoms with Crippen LogP contribution in [0.4, 0.5) is 8.78 Å². The third kappa shape index (κ3) is 4.34. The van der Waals surface area contributed by atoms with Crippen molar-refractivity contribution in [2.24, 2.45) is 0 Å². The Kier molecular flexibility index (Phi) is 7.06. The lowest BCUT2D eigenvalue weighted by Crippen LogP contribution is -2.24. The number of aromatic nitrogens is 2.